The van der Waals surface area contributed by atoms with E-state index in [1.165, 1.54) is 17.0 Å². The minimum absolute atomic E-state index is 0.0927. The summed E-state index contributed by atoms with van der Waals surface area (Å²) in [6.45, 7) is 0. The summed E-state index contributed by atoms with van der Waals surface area (Å²) in [7, 11) is 0. The van der Waals surface area contributed by atoms with E-state index in [4.69, 9.17) is 27.9 Å². The molecule has 148 valence electrons. The number of nitrogens with zero attached hydrogens (tertiary/aromatic N) is 1. The molecule has 2 bridgehead atoms. The van der Waals surface area contributed by atoms with Crippen LogP contribution in [0.25, 0.3) is 0 Å². The third-order valence-corrected chi connectivity index (χ3v) is 6.93. The lowest BCUT2D eigenvalue weighted by molar-refractivity contribution is -0.123. The van der Waals surface area contributed by atoms with Crippen LogP contribution in [-0.2, 0) is 9.59 Å². The molecule has 3 fully saturated rings. The van der Waals surface area contributed by atoms with Gasteiger partial charge in [-0.25, -0.2) is 4.79 Å². The molecule has 5 rings (SSSR count). The molecular formula is C22H17Cl2NO4. The van der Waals surface area contributed by atoms with E-state index >= 15 is 0 Å². The number of anilines is 1. The third-order valence-electron chi connectivity index (χ3n) is 6.38. The predicted molar refractivity (Wildman–Crippen MR) is 108 cm³/mol. The highest BCUT2D eigenvalue weighted by atomic mass is 35.5. The Hall–Kier alpha value is -2.37. The fraction of sp³-hybridized carbons (Fsp3) is 0.318. The molecule has 4 unspecified atom stereocenters. The molecule has 2 aliphatic carbocycles. The molecule has 2 saturated carbocycles. The van der Waals surface area contributed by atoms with Crippen LogP contribution in [0.15, 0.2) is 42.5 Å². The van der Waals surface area contributed by atoms with E-state index in [1.807, 2.05) is 0 Å². The van der Waals surface area contributed by atoms with Crippen molar-refractivity contribution in [3.63, 3.8) is 0 Å². The van der Waals surface area contributed by atoms with Crippen LogP contribution in [0.3, 0.4) is 0 Å². The van der Waals surface area contributed by atoms with Crippen LogP contribution in [0.5, 0.6) is 5.75 Å². The number of fused-ring (bicyclic) bond motifs is 5. The van der Waals surface area contributed by atoms with Gasteiger partial charge in [-0.05, 0) is 73.6 Å². The van der Waals surface area contributed by atoms with Crippen LogP contribution in [0.2, 0.25) is 10.0 Å². The Kier molecular flexibility index (Phi) is 4.41. The second-order valence-electron chi connectivity index (χ2n) is 7.90. The first-order valence-corrected chi connectivity index (χ1v) is 10.3. The Morgan fingerprint density at radius 1 is 0.931 bits per heavy atom. The molecule has 0 radical (unpaired) electrons. The molecule has 0 spiro atoms. The molecule has 2 amide bonds. The van der Waals surface area contributed by atoms with Gasteiger partial charge in [0.15, 0.2) is 0 Å². The Labute approximate surface area is 177 Å². The SMILES string of the molecule is O=C(Oc1ccc(N2C(=O)C3C4CCC(C4)C3C2=O)cc1)c1ccc(Cl)cc1Cl. The first kappa shape index (κ1) is 18.6. The van der Waals surface area contributed by atoms with Crippen molar-refractivity contribution in [1.29, 1.82) is 0 Å². The van der Waals surface area contributed by atoms with E-state index in [-0.39, 0.29) is 34.2 Å². The maximum Gasteiger partial charge on any atom is 0.345 e. The van der Waals surface area contributed by atoms with Crippen molar-refractivity contribution < 1.29 is 19.1 Å². The van der Waals surface area contributed by atoms with E-state index in [0.29, 0.717) is 28.3 Å². The molecule has 1 saturated heterocycles. The van der Waals surface area contributed by atoms with E-state index < -0.39 is 5.97 Å². The highest BCUT2D eigenvalue weighted by Gasteiger charge is 2.61. The number of carbonyl (C=O) groups is 3. The van der Waals surface area contributed by atoms with Gasteiger partial charge in [0, 0.05) is 5.02 Å². The van der Waals surface area contributed by atoms with Gasteiger partial charge in [-0.3, -0.25) is 14.5 Å². The Bertz CT molecular complexity index is 1010. The van der Waals surface area contributed by atoms with Gasteiger partial charge < -0.3 is 4.74 Å². The average molecular weight is 430 g/mol. The summed E-state index contributed by atoms with van der Waals surface area (Å²) in [5.41, 5.74) is 0.714. The van der Waals surface area contributed by atoms with Crippen molar-refractivity contribution in [2.45, 2.75) is 19.3 Å². The number of hydrogen-bond donors (Lipinski definition) is 0. The molecular weight excluding hydrogens is 413 g/mol. The molecule has 4 atom stereocenters. The van der Waals surface area contributed by atoms with Crippen LogP contribution in [0, 0.1) is 23.7 Å². The monoisotopic (exact) mass is 429 g/mol. The van der Waals surface area contributed by atoms with Gasteiger partial charge >= 0.3 is 5.97 Å². The second-order valence-corrected chi connectivity index (χ2v) is 8.75. The lowest BCUT2D eigenvalue weighted by Crippen LogP contribution is -2.32. The number of rotatable bonds is 3. The summed E-state index contributed by atoms with van der Waals surface area (Å²) in [5.74, 6) is -0.138. The van der Waals surface area contributed by atoms with Gasteiger partial charge in [-0.15, -0.1) is 0 Å². The topological polar surface area (TPSA) is 63.7 Å². The minimum atomic E-state index is -0.612. The van der Waals surface area contributed by atoms with Gasteiger partial charge in [-0.1, -0.05) is 23.2 Å². The summed E-state index contributed by atoms with van der Waals surface area (Å²) >= 11 is 11.9. The first-order chi connectivity index (χ1) is 13.9. The summed E-state index contributed by atoms with van der Waals surface area (Å²) in [5, 5.41) is 0.627. The maximum atomic E-state index is 12.9. The van der Waals surface area contributed by atoms with Crippen molar-refractivity contribution in [2.24, 2.45) is 23.7 Å². The fourth-order valence-corrected chi connectivity index (χ4v) is 5.63. The maximum absolute atomic E-state index is 12.9. The highest BCUT2D eigenvalue weighted by Crippen LogP contribution is 2.56. The van der Waals surface area contributed by atoms with Gasteiger partial charge in [0.1, 0.15) is 5.75 Å². The van der Waals surface area contributed by atoms with Crippen LogP contribution in [-0.4, -0.2) is 17.8 Å². The Balaban J connectivity index is 1.34. The van der Waals surface area contributed by atoms with Gasteiger partial charge in [-0.2, -0.15) is 0 Å². The van der Waals surface area contributed by atoms with Crippen molar-refractivity contribution >= 4 is 46.7 Å². The van der Waals surface area contributed by atoms with E-state index in [1.54, 1.807) is 30.3 Å². The number of carbonyl (C=O) groups excluding carboxylic acids is 3. The zero-order valence-corrected chi connectivity index (χ0v) is 16.8. The average Bonchev–Trinajstić information content (AvgIpc) is 3.36. The molecule has 1 aliphatic heterocycles. The minimum Gasteiger partial charge on any atom is -0.423 e. The molecule has 29 heavy (non-hydrogen) atoms. The molecule has 7 heteroatoms. The standard InChI is InChI=1S/C22H17Cl2NO4/c23-13-3-8-16(17(24)10-13)22(28)29-15-6-4-14(5-7-15)25-20(26)18-11-1-2-12(9-11)19(18)21(25)27/h3-8,10-12,18-19H,1-2,9H2. The third kappa shape index (κ3) is 2.95. The van der Waals surface area contributed by atoms with Gasteiger partial charge in [0.25, 0.3) is 0 Å². The Morgan fingerprint density at radius 3 is 2.14 bits per heavy atom. The van der Waals surface area contributed by atoms with E-state index in [9.17, 15) is 14.4 Å². The largest absolute Gasteiger partial charge is 0.423 e. The smallest absolute Gasteiger partial charge is 0.345 e. The molecule has 2 aromatic carbocycles. The fourth-order valence-electron chi connectivity index (χ4n) is 5.14. The second kappa shape index (κ2) is 6.85. The number of halogens is 2. The summed E-state index contributed by atoms with van der Waals surface area (Å²) in [4.78, 5) is 39.4. The van der Waals surface area contributed by atoms with Gasteiger partial charge in [0.2, 0.25) is 11.8 Å². The zero-order valence-electron chi connectivity index (χ0n) is 15.3. The predicted octanol–water partition coefficient (Wildman–Crippen LogP) is 4.75. The normalized spacial score (nSPS) is 27.4. The lowest BCUT2D eigenvalue weighted by atomic mass is 9.81. The highest BCUT2D eigenvalue weighted by molar-refractivity contribution is 6.36. The quantitative estimate of drug-likeness (QED) is 0.401. The molecule has 0 N–H and O–H groups in total. The summed E-state index contributed by atoms with van der Waals surface area (Å²) < 4.78 is 5.36. The van der Waals surface area contributed by atoms with Crippen molar-refractivity contribution in [2.75, 3.05) is 4.90 Å². The van der Waals surface area contributed by atoms with Crippen molar-refractivity contribution in [3.05, 3.63) is 58.1 Å². The lowest BCUT2D eigenvalue weighted by Gasteiger charge is -2.19. The molecule has 2 aromatic rings. The van der Waals surface area contributed by atoms with E-state index in [2.05, 4.69) is 0 Å². The number of hydrogen-bond acceptors (Lipinski definition) is 4. The number of imide groups is 1. The molecule has 1 heterocycles. The number of ether oxygens (including phenoxy) is 1. The van der Waals surface area contributed by atoms with Gasteiger partial charge in [0.05, 0.1) is 28.1 Å². The molecule has 3 aliphatic rings. The summed E-state index contributed by atoms with van der Waals surface area (Å²) in [6.07, 6.45) is 3.09. The molecule has 5 nitrogen and oxygen atoms in total. The van der Waals surface area contributed by atoms with Crippen molar-refractivity contribution in [3.8, 4) is 5.75 Å². The first-order valence-electron chi connectivity index (χ1n) is 9.59. The summed E-state index contributed by atoms with van der Waals surface area (Å²) in [6, 6.07) is 10.9. The molecule has 0 aromatic heterocycles. The number of amides is 2. The number of esters is 1. The van der Waals surface area contributed by atoms with Crippen LogP contribution < -0.4 is 9.64 Å². The van der Waals surface area contributed by atoms with E-state index in [0.717, 1.165) is 19.3 Å². The van der Waals surface area contributed by atoms with Crippen LogP contribution in [0.4, 0.5) is 5.69 Å². The van der Waals surface area contributed by atoms with Crippen LogP contribution in [0.1, 0.15) is 29.6 Å². The zero-order chi connectivity index (χ0) is 20.3. The van der Waals surface area contributed by atoms with Crippen molar-refractivity contribution in [1.82, 2.24) is 0 Å². The Morgan fingerprint density at radius 2 is 1.55 bits per heavy atom. The number of benzene rings is 2. The van der Waals surface area contributed by atoms with Crippen LogP contribution >= 0.6 is 23.2 Å².